The molecular weight excluding hydrogens is 278 g/mol. The maximum absolute atomic E-state index is 12.5. The zero-order chi connectivity index (χ0) is 15.2. The van der Waals surface area contributed by atoms with Crippen molar-refractivity contribution in [2.45, 2.75) is 31.7 Å². The fourth-order valence-electron chi connectivity index (χ4n) is 3.38. The zero-order valence-corrected chi connectivity index (χ0v) is 13.1. The average molecular weight is 303 g/mol. The van der Waals surface area contributed by atoms with Crippen LogP contribution in [0.25, 0.3) is 0 Å². The highest BCUT2D eigenvalue weighted by molar-refractivity contribution is 5.77. The molecule has 1 aromatic rings. The summed E-state index contributed by atoms with van der Waals surface area (Å²) in [5, 5.41) is 0. The molecule has 22 heavy (non-hydrogen) atoms. The van der Waals surface area contributed by atoms with E-state index in [1.54, 1.807) is 6.20 Å². The van der Waals surface area contributed by atoms with Gasteiger partial charge in [0.25, 0.3) is 0 Å². The fraction of sp³-hybridized carbons (Fsp3) is 0.647. The van der Waals surface area contributed by atoms with E-state index in [9.17, 15) is 4.79 Å². The first kappa shape index (κ1) is 15.4. The minimum absolute atomic E-state index is 0.291. The van der Waals surface area contributed by atoms with Crippen molar-refractivity contribution in [3.8, 4) is 0 Å². The monoisotopic (exact) mass is 303 g/mol. The fourth-order valence-corrected chi connectivity index (χ4v) is 3.38. The Morgan fingerprint density at radius 2 is 2.18 bits per heavy atom. The van der Waals surface area contributed by atoms with Crippen molar-refractivity contribution in [2.24, 2.45) is 0 Å². The molecule has 1 amide bonds. The number of aromatic nitrogens is 1. The lowest BCUT2D eigenvalue weighted by Crippen LogP contribution is -2.46. The molecule has 1 unspecified atom stereocenters. The van der Waals surface area contributed by atoms with Gasteiger partial charge in [-0.15, -0.1) is 0 Å². The maximum atomic E-state index is 12.5. The van der Waals surface area contributed by atoms with E-state index in [0.717, 1.165) is 64.2 Å². The lowest BCUT2D eigenvalue weighted by molar-refractivity contribution is -0.132. The van der Waals surface area contributed by atoms with Crippen LogP contribution in [0.1, 0.15) is 24.8 Å². The van der Waals surface area contributed by atoms with Gasteiger partial charge in [0.15, 0.2) is 0 Å². The van der Waals surface area contributed by atoms with E-state index in [0.29, 0.717) is 18.4 Å². The third kappa shape index (κ3) is 4.05. The van der Waals surface area contributed by atoms with Crippen LogP contribution in [0.2, 0.25) is 0 Å². The molecule has 0 bridgehead atoms. The summed E-state index contributed by atoms with van der Waals surface area (Å²) in [7, 11) is 0. The zero-order valence-electron chi connectivity index (χ0n) is 13.1. The van der Waals surface area contributed by atoms with Gasteiger partial charge in [0.1, 0.15) is 0 Å². The molecule has 2 saturated heterocycles. The number of hydrogen-bond acceptors (Lipinski definition) is 4. The molecule has 0 spiro atoms. The number of pyridine rings is 1. The third-order valence-corrected chi connectivity index (χ3v) is 4.62. The van der Waals surface area contributed by atoms with Crippen molar-refractivity contribution in [3.05, 3.63) is 30.1 Å². The van der Waals surface area contributed by atoms with Gasteiger partial charge in [-0.05, 0) is 30.9 Å². The second-order valence-electron chi connectivity index (χ2n) is 6.16. The Bertz CT molecular complexity index is 474. The van der Waals surface area contributed by atoms with Crippen LogP contribution in [0.15, 0.2) is 24.5 Å². The molecule has 1 aromatic heterocycles. The van der Waals surface area contributed by atoms with Crippen LogP contribution in [0.3, 0.4) is 0 Å². The van der Waals surface area contributed by atoms with E-state index in [1.165, 1.54) is 0 Å². The van der Waals surface area contributed by atoms with Crippen molar-refractivity contribution in [3.63, 3.8) is 0 Å². The van der Waals surface area contributed by atoms with Crippen molar-refractivity contribution in [2.75, 3.05) is 39.4 Å². The lowest BCUT2D eigenvalue weighted by Gasteiger charge is -2.33. The van der Waals surface area contributed by atoms with Gasteiger partial charge in [0.2, 0.25) is 5.91 Å². The standard InChI is InChI=1S/C17H25N3O2/c21-17(6-5-15-3-1-7-18-13-15)20-8-2-4-16(20)14-19-9-11-22-12-10-19/h1,3,7,13,16H,2,4-6,8-12,14H2. The third-order valence-electron chi connectivity index (χ3n) is 4.62. The molecule has 1 atom stereocenters. The minimum Gasteiger partial charge on any atom is -0.379 e. The van der Waals surface area contributed by atoms with Gasteiger partial charge >= 0.3 is 0 Å². The Hall–Kier alpha value is -1.46. The second-order valence-corrected chi connectivity index (χ2v) is 6.16. The van der Waals surface area contributed by atoms with E-state index in [-0.39, 0.29) is 0 Å². The molecule has 3 heterocycles. The largest absolute Gasteiger partial charge is 0.379 e. The van der Waals surface area contributed by atoms with E-state index >= 15 is 0 Å². The molecular formula is C17H25N3O2. The van der Waals surface area contributed by atoms with Crippen LogP contribution in [-0.4, -0.2) is 66.1 Å². The summed E-state index contributed by atoms with van der Waals surface area (Å²) in [6, 6.07) is 4.35. The average Bonchev–Trinajstić information content (AvgIpc) is 3.03. The Morgan fingerprint density at radius 1 is 1.32 bits per heavy atom. The van der Waals surface area contributed by atoms with Crippen LogP contribution >= 0.6 is 0 Å². The Labute approximate surface area is 132 Å². The number of rotatable bonds is 5. The van der Waals surface area contributed by atoms with Gasteiger partial charge < -0.3 is 9.64 Å². The van der Waals surface area contributed by atoms with Crippen LogP contribution < -0.4 is 0 Å². The molecule has 2 fully saturated rings. The topological polar surface area (TPSA) is 45.7 Å². The van der Waals surface area contributed by atoms with Crippen LogP contribution in [0, 0.1) is 0 Å². The number of carbonyl (C=O) groups excluding carboxylic acids is 1. The van der Waals surface area contributed by atoms with Gasteiger partial charge in [-0.3, -0.25) is 14.7 Å². The molecule has 0 aromatic carbocycles. The molecule has 0 N–H and O–H groups in total. The van der Waals surface area contributed by atoms with E-state index in [4.69, 9.17) is 4.74 Å². The first-order chi connectivity index (χ1) is 10.8. The molecule has 5 heteroatoms. The van der Waals surface area contributed by atoms with Gasteiger partial charge in [-0.2, -0.15) is 0 Å². The Morgan fingerprint density at radius 3 is 2.95 bits per heavy atom. The summed E-state index contributed by atoms with van der Waals surface area (Å²) in [6.45, 7) is 5.55. The predicted octanol–water partition coefficient (Wildman–Crippen LogP) is 1.34. The van der Waals surface area contributed by atoms with E-state index < -0.39 is 0 Å². The number of morpholine rings is 1. The molecule has 5 nitrogen and oxygen atoms in total. The molecule has 3 rings (SSSR count). The SMILES string of the molecule is O=C(CCc1cccnc1)N1CCCC1CN1CCOCC1. The van der Waals surface area contributed by atoms with Crippen LogP contribution in [-0.2, 0) is 16.0 Å². The number of amides is 1. The molecule has 2 aliphatic rings. The van der Waals surface area contributed by atoms with Gasteiger partial charge in [0, 0.05) is 51.0 Å². The minimum atomic E-state index is 0.291. The highest BCUT2D eigenvalue weighted by Gasteiger charge is 2.30. The maximum Gasteiger partial charge on any atom is 0.223 e. The number of carbonyl (C=O) groups is 1. The summed E-state index contributed by atoms with van der Waals surface area (Å²) in [5.41, 5.74) is 1.14. The number of likely N-dealkylation sites (tertiary alicyclic amines) is 1. The van der Waals surface area contributed by atoms with Crippen LogP contribution in [0.4, 0.5) is 0 Å². The van der Waals surface area contributed by atoms with Crippen molar-refractivity contribution in [1.29, 1.82) is 0 Å². The first-order valence-corrected chi connectivity index (χ1v) is 8.31. The summed E-state index contributed by atoms with van der Waals surface area (Å²) in [4.78, 5) is 21.2. The van der Waals surface area contributed by atoms with Crippen LogP contribution in [0.5, 0.6) is 0 Å². The highest BCUT2D eigenvalue weighted by Crippen LogP contribution is 2.20. The van der Waals surface area contributed by atoms with Crippen molar-refractivity contribution >= 4 is 5.91 Å². The smallest absolute Gasteiger partial charge is 0.223 e. The highest BCUT2D eigenvalue weighted by atomic mass is 16.5. The van der Waals surface area contributed by atoms with Gasteiger partial charge in [-0.25, -0.2) is 0 Å². The molecule has 0 aliphatic carbocycles. The van der Waals surface area contributed by atoms with E-state index in [2.05, 4.69) is 14.8 Å². The lowest BCUT2D eigenvalue weighted by atomic mass is 10.1. The number of nitrogens with zero attached hydrogens (tertiary/aromatic N) is 3. The normalized spacial score (nSPS) is 22.9. The summed E-state index contributed by atoms with van der Waals surface area (Å²) >= 11 is 0. The molecule has 0 radical (unpaired) electrons. The van der Waals surface area contributed by atoms with Crippen molar-refractivity contribution < 1.29 is 9.53 Å². The Kier molecular flexibility index (Phi) is 5.40. The number of hydrogen-bond donors (Lipinski definition) is 0. The Balaban J connectivity index is 1.49. The second kappa shape index (κ2) is 7.70. The summed E-state index contributed by atoms with van der Waals surface area (Å²) in [6.07, 6.45) is 7.26. The molecule has 2 aliphatic heterocycles. The number of aryl methyl sites for hydroxylation is 1. The molecule has 120 valence electrons. The van der Waals surface area contributed by atoms with Gasteiger partial charge in [0.05, 0.1) is 13.2 Å². The van der Waals surface area contributed by atoms with Crippen molar-refractivity contribution in [1.82, 2.24) is 14.8 Å². The summed E-state index contributed by atoms with van der Waals surface area (Å²) in [5.74, 6) is 0.291. The van der Waals surface area contributed by atoms with E-state index in [1.807, 2.05) is 18.3 Å². The number of ether oxygens (including phenoxy) is 1. The van der Waals surface area contributed by atoms with Gasteiger partial charge in [-0.1, -0.05) is 6.07 Å². The predicted molar refractivity (Wildman–Crippen MR) is 84.6 cm³/mol. The molecule has 0 saturated carbocycles. The quantitative estimate of drug-likeness (QED) is 0.823. The first-order valence-electron chi connectivity index (χ1n) is 8.31. The summed E-state index contributed by atoms with van der Waals surface area (Å²) < 4.78 is 5.40.